The third kappa shape index (κ3) is 3.13. The fourth-order valence-electron chi connectivity index (χ4n) is 1.93. The van der Waals surface area contributed by atoms with Crippen LogP contribution in [0.4, 0.5) is 0 Å². The second-order valence-corrected chi connectivity index (χ2v) is 4.90. The van der Waals surface area contributed by atoms with E-state index in [0.29, 0.717) is 19.7 Å². The zero-order valence-corrected chi connectivity index (χ0v) is 10.8. The van der Waals surface area contributed by atoms with E-state index in [2.05, 4.69) is 15.9 Å². The van der Waals surface area contributed by atoms with Gasteiger partial charge in [0.15, 0.2) is 6.29 Å². The number of aldehydes is 1. The summed E-state index contributed by atoms with van der Waals surface area (Å²) in [4.78, 5) is 12.9. The number of nitrogens with zero attached hydrogens (tertiary/aromatic N) is 1. The van der Waals surface area contributed by atoms with E-state index < -0.39 is 12.3 Å². The molecule has 0 radical (unpaired) electrons. The molecule has 0 aromatic heterocycles. The summed E-state index contributed by atoms with van der Waals surface area (Å²) in [7, 11) is 0. The molecule has 5 heteroatoms. The number of hydrogen-bond donors (Lipinski definition) is 1. The number of rotatable bonds is 3. The molecule has 1 aliphatic rings. The Labute approximate surface area is 108 Å². The second-order valence-electron chi connectivity index (χ2n) is 3.99. The normalized spacial score (nSPS) is 25.8. The monoisotopic (exact) mass is 299 g/mol. The lowest BCUT2D eigenvalue weighted by Crippen LogP contribution is -2.51. The maximum absolute atomic E-state index is 10.9. The minimum Gasteiger partial charge on any atom is -0.366 e. The van der Waals surface area contributed by atoms with Gasteiger partial charge in [0.1, 0.15) is 12.3 Å². The molecule has 2 rings (SSSR count). The van der Waals surface area contributed by atoms with Crippen LogP contribution in [0.25, 0.3) is 0 Å². The van der Waals surface area contributed by atoms with Crippen LogP contribution in [0.1, 0.15) is 5.56 Å². The van der Waals surface area contributed by atoms with Gasteiger partial charge in [-0.2, -0.15) is 0 Å². The summed E-state index contributed by atoms with van der Waals surface area (Å²) in [5.41, 5.74) is 1.10. The van der Waals surface area contributed by atoms with E-state index in [0.717, 1.165) is 16.3 Å². The number of hydrogen-bond acceptors (Lipinski definition) is 4. The summed E-state index contributed by atoms with van der Waals surface area (Å²) in [5.74, 6) is 0. The number of aliphatic hydroxyl groups is 1. The summed E-state index contributed by atoms with van der Waals surface area (Å²) >= 11 is 3.41. The third-order valence-electron chi connectivity index (χ3n) is 2.80. The van der Waals surface area contributed by atoms with Crippen molar-refractivity contribution >= 4 is 22.2 Å². The topological polar surface area (TPSA) is 49.8 Å². The molecule has 92 valence electrons. The van der Waals surface area contributed by atoms with Crippen molar-refractivity contribution in [2.45, 2.75) is 18.9 Å². The Kier molecular flexibility index (Phi) is 4.28. The lowest BCUT2D eigenvalue weighted by Gasteiger charge is -2.35. The molecule has 4 nitrogen and oxygen atoms in total. The van der Waals surface area contributed by atoms with Gasteiger partial charge in [0.25, 0.3) is 0 Å². The Morgan fingerprint density at radius 3 is 3.12 bits per heavy atom. The Morgan fingerprint density at radius 2 is 2.41 bits per heavy atom. The molecule has 2 unspecified atom stereocenters. The largest absolute Gasteiger partial charge is 0.366 e. The first-order chi connectivity index (χ1) is 8.20. The van der Waals surface area contributed by atoms with Gasteiger partial charge in [-0.3, -0.25) is 4.90 Å². The van der Waals surface area contributed by atoms with Crippen molar-refractivity contribution in [3.05, 3.63) is 34.3 Å². The first-order valence-electron chi connectivity index (χ1n) is 5.44. The van der Waals surface area contributed by atoms with Gasteiger partial charge in [0.05, 0.1) is 6.61 Å². The molecule has 0 amide bonds. The predicted octanol–water partition coefficient (Wildman–Crippen LogP) is 1.17. The van der Waals surface area contributed by atoms with Gasteiger partial charge in [-0.05, 0) is 17.7 Å². The molecule has 1 aromatic rings. The number of carbonyl (C=O) groups excluding carboxylic acids is 1. The number of ether oxygens (including phenoxy) is 1. The number of halogens is 1. The van der Waals surface area contributed by atoms with Crippen LogP contribution in [0.5, 0.6) is 0 Å². The van der Waals surface area contributed by atoms with Crippen molar-refractivity contribution in [2.75, 3.05) is 13.2 Å². The fourth-order valence-corrected chi connectivity index (χ4v) is 2.37. The third-order valence-corrected chi connectivity index (χ3v) is 3.29. The molecule has 1 saturated heterocycles. The number of morpholine rings is 1. The van der Waals surface area contributed by atoms with Gasteiger partial charge in [-0.25, -0.2) is 0 Å². The maximum atomic E-state index is 10.9. The van der Waals surface area contributed by atoms with Crippen molar-refractivity contribution in [1.82, 2.24) is 4.90 Å². The van der Waals surface area contributed by atoms with Crippen LogP contribution in [0.2, 0.25) is 0 Å². The standard InChI is InChI=1S/C12H14BrNO3/c13-10-3-1-2-9(6-10)7-14-4-5-17-12(16)11(14)8-15/h1-3,6,8,11-12,16H,4-5,7H2. The highest BCUT2D eigenvalue weighted by Crippen LogP contribution is 2.17. The van der Waals surface area contributed by atoms with Gasteiger partial charge < -0.3 is 14.6 Å². The zero-order chi connectivity index (χ0) is 12.3. The summed E-state index contributed by atoms with van der Waals surface area (Å²) < 4.78 is 6.05. The summed E-state index contributed by atoms with van der Waals surface area (Å²) in [6.07, 6.45) is -0.282. The Balaban J connectivity index is 2.08. The van der Waals surface area contributed by atoms with Crippen LogP contribution in [-0.4, -0.2) is 41.8 Å². The predicted molar refractivity (Wildman–Crippen MR) is 66.4 cm³/mol. The van der Waals surface area contributed by atoms with Crippen molar-refractivity contribution in [1.29, 1.82) is 0 Å². The van der Waals surface area contributed by atoms with Crippen LogP contribution in [0.15, 0.2) is 28.7 Å². The SMILES string of the molecule is O=CC1C(O)OCCN1Cc1cccc(Br)c1. The van der Waals surface area contributed by atoms with Gasteiger partial charge >= 0.3 is 0 Å². The van der Waals surface area contributed by atoms with Crippen LogP contribution in [-0.2, 0) is 16.1 Å². The molecular formula is C12H14BrNO3. The van der Waals surface area contributed by atoms with Crippen molar-refractivity contribution < 1.29 is 14.6 Å². The minimum absolute atomic E-state index is 0.444. The first kappa shape index (κ1) is 12.7. The minimum atomic E-state index is -1.02. The molecule has 0 aliphatic carbocycles. The van der Waals surface area contributed by atoms with Crippen LogP contribution in [0, 0.1) is 0 Å². The summed E-state index contributed by atoms with van der Waals surface area (Å²) in [6.45, 7) is 1.72. The number of benzene rings is 1. The molecular weight excluding hydrogens is 286 g/mol. The molecule has 2 atom stereocenters. The van der Waals surface area contributed by atoms with E-state index in [1.54, 1.807) is 0 Å². The average Bonchev–Trinajstić information content (AvgIpc) is 2.29. The molecule has 1 N–H and O–H groups in total. The molecule has 0 spiro atoms. The Morgan fingerprint density at radius 1 is 1.59 bits per heavy atom. The van der Waals surface area contributed by atoms with E-state index in [-0.39, 0.29) is 0 Å². The van der Waals surface area contributed by atoms with Crippen molar-refractivity contribution in [3.63, 3.8) is 0 Å². The molecule has 1 aromatic carbocycles. The average molecular weight is 300 g/mol. The lowest BCUT2D eigenvalue weighted by atomic mass is 10.1. The van der Waals surface area contributed by atoms with Gasteiger partial charge in [-0.15, -0.1) is 0 Å². The van der Waals surface area contributed by atoms with E-state index in [1.807, 2.05) is 29.2 Å². The van der Waals surface area contributed by atoms with Crippen LogP contribution >= 0.6 is 15.9 Å². The van der Waals surface area contributed by atoms with Gasteiger partial charge in [-0.1, -0.05) is 28.1 Å². The van der Waals surface area contributed by atoms with Crippen molar-refractivity contribution in [3.8, 4) is 0 Å². The molecule has 1 fully saturated rings. The summed E-state index contributed by atoms with van der Waals surface area (Å²) in [6, 6.07) is 7.32. The maximum Gasteiger partial charge on any atom is 0.177 e. The van der Waals surface area contributed by atoms with Gasteiger partial charge in [0.2, 0.25) is 0 Å². The van der Waals surface area contributed by atoms with E-state index >= 15 is 0 Å². The lowest BCUT2D eigenvalue weighted by molar-refractivity contribution is -0.180. The highest BCUT2D eigenvalue weighted by Gasteiger charge is 2.30. The fraction of sp³-hybridized carbons (Fsp3) is 0.417. The molecule has 0 saturated carbocycles. The van der Waals surface area contributed by atoms with Crippen molar-refractivity contribution in [2.24, 2.45) is 0 Å². The quantitative estimate of drug-likeness (QED) is 0.851. The highest BCUT2D eigenvalue weighted by atomic mass is 79.9. The highest BCUT2D eigenvalue weighted by molar-refractivity contribution is 9.10. The number of aliphatic hydroxyl groups excluding tert-OH is 1. The Hall–Kier alpha value is -0.750. The molecule has 1 heterocycles. The first-order valence-corrected chi connectivity index (χ1v) is 6.23. The van der Waals surface area contributed by atoms with Gasteiger partial charge in [0, 0.05) is 17.6 Å². The van der Waals surface area contributed by atoms with Crippen LogP contribution < -0.4 is 0 Å². The van der Waals surface area contributed by atoms with E-state index in [4.69, 9.17) is 4.74 Å². The molecule has 17 heavy (non-hydrogen) atoms. The number of carbonyl (C=O) groups is 1. The zero-order valence-electron chi connectivity index (χ0n) is 9.25. The summed E-state index contributed by atoms with van der Waals surface area (Å²) in [5, 5.41) is 9.57. The van der Waals surface area contributed by atoms with Crippen LogP contribution in [0.3, 0.4) is 0 Å². The van der Waals surface area contributed by atoms with E-state index in [1.165, 1.54) is 0 Å². The smallest absolute Gasteiger partial charge is 0.177 e. The molecule has 0 bridgehead atoms. The Bertz CT molecular complexity index is 399. The second kappa shape index (κ2) is 5.73. The molecule has 1 aliphatic heterocycles. The van der Waals surface area contributed by atoms with E-state index in [9.17, 15) is 9.90 Å².